The summed E-state index contributed by atoms with van der Waals surface area (Å²) in [5.74, 6) is 2.08. The van der Waals surface area contributed by atoms with Crippen LogP contribution in [0.1, 0.15) is 39.2 Å². The molecule has 0 fully saturated rings. The van der Waals surface area contributed by atoms with Gasteiger partial charge in [0.05, 0.1) is 33.6 Å². The number of aryl methyl sites for hydroxylation is 4. The van der Waals surface area contributed by atoms with Crippen LogP contribution in [0, 0.1) is 27.7 Å². The number of halogens is 8. The number of urea groups is 2. The predicted molar refractivity (Wildman–Crippen MR) is 297 cm³/mol. The molecule has 0 saturated heterocycles. The summed E-state index contributed by atoms with van der Waals surface area (Å²) in [6, 6.07) is 27.9. The number of aromatic hydroxyl groups is 1. The Balaban J connectivity index is 0.000000216. The van der Waals surface area contributed by atoms with Crippen molar-refractivity contribution in [2.24, 2.45) is 0 Å². The minimum Gasteiger partial charge on any atom is -0.503 e. The van der Waals surface area contributed by atoms with Gasteiger partial charge < -0.3 is 52.4 Å². The minimum atomic E-state index is -4.66. The first-order valence-electron chi connectivity index (χ1n) is 23.8. The Bertz CT molecular complexity index is 3720. The van der Waals surface area contributed by atoms with Crippen LogP contribution < -0.4 is 47.3 Å². The second-order valence-corrected chi connectivity index (χ2v) is 18.4. The van der Waals surface area contributed by atoms with E-state index in [2.05, 4.69) is 82.9 Å². The number of carbonyl (C=O) groups is 2. The number of H-pyrrole nitrogens is 2. The molecule has 0 unspecified atom stereocenters. The van der Waals surface area contributed by atoms with Crippen LogP contribution in [-0.4, -0.2) is 57.5 Å². The number of aromatic amines is 2. The highest BCUT2D eigenvalue weighted by Crippen LogP contribution is 2.38. The average molecular weight is 1160 g/mol. The monoisotopic (exact) mass is 1150 g/mol. The lowest BCUT2D eigenvalue weighted by atomic mass is 10.2. The van der Waals surface area contributed by atoms with Crippen molar-refractivity contribution in [3.63, 3.8) is 0 Å². The largest absolute Gasteiger partial charge is 0.503 e. The second kappa shape index (κ2) is 24.9. The van der Waals surface area contributed by atoms with Crippen molar-refractivity contribution in [2.75, 3.05) is 42.5 Å². The first-order valence-corrected chi connectivity index (χ1v) is 24.6. The molecule has 0 radical (unpaired) electrons. The van der Waals surface area contributed by atoms with Crippen molar-refractivity contribution in [1.29, 1.82) is 0 Å². The van der Waals surface area contributed by atoms with E-state index in [1.807, 2.05) is 64.1 Å². The summed E-state index contributed by atoms with van der Waals surface area (Å²) in [5.41, 5.74) is 3.81. The van der Waals surface area contributed by atoms with E-state index >= 15 is 0 Å². The van der Waals surface area contributed by atoms with Gasteiger partial charge >= 0.3 is 24.4 Å². The summed E-state index contributed by atoms with van der Waals surface area (Å²) in [4.78, 5) is 42.3. The number of hydrogen-bond acceptors (Lipinski definition) is 14. The van der Waals surface area contributed by atoms with Gasteiger partial charge in [0.25, 0.3) is 0 Å². The van der Waals surface area contributed by atoms with Gasteiger partial charge in [0.1, 0.15) is 6.61 Å². The standard InChI is InChI=1S/C30H26ClF3N8O2.C23H20ClF3N8O2/c1-17-8-9-21(37-29(43)36-20-10-11-23(31)22(13-20)30(32,33)34)14-24(17)38-28-35-15-25(44-16-19-6-4-3-5-7-19)27(40-28)39-26-12-18(2)41-42-26;1-11-3-4-14(30-22(37)29-13-5-6-16(24)15(8-13)23(25,26)27)9-17(11)31-21-28-10-18(36)20(33-21)32-19-7-12(2)34-35-19/h3-15H,16H2,1-2H3,(H2,36,37,43)(H3,35,38,39,40,41,42);3-10,36H,1-2H3,(H2,29,30,37)(H3,28,31,32,33,34,35). The number of alkyl halides is 6. The molecule has 4 heterocycles. The maximum absolute atomic E-state index is 13.2. The number of aromatic nitrogens is 8. The zero-order valence-electron chi connectivity index (χ0n) is 42.7. The number of benzene rings is 5. The molecule has 0 aliphatic heterocycles. The van der Waals surface area contributed by atoms with E-state index in [9.17, 15) is 41.0 Å². The van der Waals surface area contributed by atoms with Crippen LogP contribution in [0.15, 0.2) is 128 Å². The zero-order chi connectivity index (χ0) is 58.0. The third kappa shape index (κ3) is 15.9. The molecule has 0 bridgehead atoms. The molecule has 418 valence electrons. The van der Waals surface area contributed by atoms with Gasteiger partial charge in [-0.2, -0.15) is 46.5 Å². The molecule has 81 heavy (non-hydrogen) atoms. The van der Waals surface area contributed by atoms with Crippen LogP contribution in [-0.2, 0) is 19.0 Å². The van der Waals surface area contributed by atoms with Crippen molar-refractivity contribution in [3.05, 3.63) is 177 Å². The molecule has 28 heteroatoms. The Labute approximate surface area is 466 Å². The molecular weight excluding hydrogens is 1110 g/mol. The van der Waals surface area contributed by atoms with Gasteiger partial charge in [0, 0.05) is 57.6 Å². The van der Waals surface area contributed by atoms with Crippen LogP contribution >= 0.6 is 23.2 Å². The van der Waals surface area contributed by atoms with Crippen molar-refractivity contribution in [1.82, 2.24) is 40.3 Å². The first kappa shape index (κ1) is 57.4. The molecule has 9 rings (SSSR count). The Morgan fingerprint density at radius 1 is 0.556 bits per heavy atom. The molecule has 0 atom stereocenters. The number of amides is 4. The number of hydrogen-bond donors (Lipinski definition) is 11. The summed E-state index contributed by atoms with van der Waals surface area (Å²) in [6.45, 7) is 7.65. The van der Waals surface area contributed by atoms with Crippen LogP contribution in [0.5, 0.6) is 11.5 Å². The van der Waals surface area contributed by atoms with E-state index in [-0.39, 0.29) is 34.8 Å². The number of carbonyl (C=O) groups excluding carboxylic acids is 2. The third-order valence-electron chi connectivity index (χ3n) is 11.2. The average Bonchev–Trinajstić information content (AvgIpc) is 4.03. The smallest absolute Gasteiger partial charge is 0.417 e. The van der Waals surface area contributed by atoms with E-state index in [1.165, 1.54) is 24.5 Å². The molecule has 4 amide bonds. The van der Waals surface area contributed by atoms with E-state index in [0.29, 0.717) is 52.6 Å². The number of nitrogens with one attached hydrogen (secondary N) is 10. The Morgan fingerprint density at radius 2 is 0.988 bits per heavy atom. The lowest BCUT2D eigenvalue weighted by Gasteiger charge is -2.15. The zero-order valence-corrected chi connectivity index (χ0v) is 44.2. The summed E-state index contributed by atoms with van der Waals surface area (Å²) >= 11 is 11.3. The van der Waals surface area contributed by atoms with Gasteiger partial charge in [-0.25, -0.2) is 19.6 Å². The fourth-order valence-electron chi connectivity index (χ4n) is 7.23. The molecule has 20 nitrogen and oxygen atoms in total. The van der Waals surface area contributed by atoms with Crippen LogP contribution in [0.3, 0.4) is 0 Å². The summed E-state index contributed by atoms with van der Waals surface area (Å²) in [6.07, 6.45) is -6.58. The van der Waals surface area contributed by atoms with Gasteiger partial charge in [-0.3, -0.25) is 10.2 Å². The molecule has 0 aliphatic carbocycles. The highest BCUT2D eigenvalue weighted by molar-refractivity contribution is 6.32. The summed E-state index contributed by atoms with van der Waals surface area (Å²) in [7, 11) is 0. The molecule has 4 aromatic heterocycles. The molecule has 0 saturated carbocycles. The lowest BCUT2D eigenvalue weighted by molar-refractivity contribution is -0.138. The maximum atomic E-state index is 13.2. The van der Waals surface area contributed by atoms with Gasteiger partial charge in [-0.05, 0) is 105 Å². The SMILES string of the molecule is Cc1cc(Nc2nc(Nc3cc(NC(=O)Nc4ccc(Cl)c(C(F)(F)F)c4)ccc3C)ncc2O)n[nH]1.Cc1cc(Nc2nc(Nc3cc(NC(=O)Nc4ccc(Cl)c(C(F)(F)F)c4)ccc3C)ncc2OCc2ccccc2)n[nH]1. The van der Waals surface area contributed by atoms with E-state index in [1.54, 1.807) is 42.5 Å². The van der Waals surface area contributed by atoms with E-state index < -0.39 is 45.6 Å². The molecular formula is C53H46Cl2F6N16O4. The second-order valence-electron chi connectivity index (χ2n) is 17.6. The van der Waals surface area contributed by atoms with Gasteiger partial charge in [-0.15, -0.1) is 0 Å². The van der Waals surface area contributed by atoms with Gasteiger partial charge in [0.2, 0.25) is 11.9 Å². The highest BCUT2D eigenvalue weighted by atomic mass is 35.5. The number of anilines is 12. The molecule has 0 aliphatic rings. The van der Waals surface area contributed by atoms with Gasteiger partial charge in [0.15, 0.2) is 34.8 Å². The predicted octanol–water partition coefficient (Wildman–Crippen LogP) is 14.5. The van der Waals surface area contributed by atoms with Crippen molar-refractivity contribution >= 4 is 105 Å². The first-order chi connectivity index (χ1) is 38.5. The van der Waals surface area contributed by atoms with Crippen LogP contribution in [0.25, 0.3) is 0 Å². The number of ether oxygens (including phenoxy) is 1. The molecule has 9 aromatic rings. The van der Waals surface area contributed by atoms with Crippen molar-refractivity contribution in [3.8, 4) is 11.5 Å². The number of rotatable bonds is 15. The van der Waals surface area contributed by atoms with Crippen molar-refractivity contribution < 1.29 is 45.8 Å². The third-order valence-corrected chi connectivity index (χ3v) is 11.9. The quantitative estimate of drug-likeness (QED) is 0.0427. The molecule has 11 N–H and O–H groups in total. The topological polar surface area (TPSA) is 269 Å². The fraction of sp³-hybridized carbons (Fsp3) is 0.132. The number of nitrogens with zero attached hydrogens (tertiary/aromatic N) is 6. The maximum Gasteiger partial charge on any atom is 0.417 e. The van der Waals surface area contributed by atoms with Crippen LogP contribution in [0.4, 0.5) is 105 Å². The normalized spacial score (nSPS) is 11.2. The Hall–Kier alpha value is -9.82. The lowest BCUT2D eigenvalue weighted by Crippen LogP contribution is -2.20. The Kier molecular flexibility index (Phi) is 17.6. The fourth-order valence-corrected chi connectivity index (χ4v) is 7.68. The van der Waals surface area contributed by atoms with Gasteiger partial charge in [-0.1, -0.05) is 65.7 Å². The Morgan fingerprint density at radius 3 is 1.44 bits per heavy atom. The van der Waals surface area contributed by atoms with Crippen LogP contribution in [0.2, 0.25) is 10.0 Å². The highest BCUT2D eigenvalue weighted by Gasteiger charge is 2.34. The van der Waals surface area contributed by atoms with E-state index in [0.717, 1.165) is 52.3 Å². The minimum absolute atomic E-state index is 0.0696. The van der Waals surface area contributed by atoms with Crippen molar-refractivity contribution in [2.45, 2.75) is 46.7 Å². The molecule has 0 spiro atoms. The van der Waals surface area contributed by atoms with E-state index in [4.69, 9.17) is 27.9 Å². The summed E-state index contributed by atoms with van der Waals surface area (Å²) < 4.78 is 84.8. The summed E-state index contributed by atoms with van der Waals surface area (Å²) in [5, 5.41) is 45.1. The molecule has 5 aromatic carbocycles.